The highest BCUT2D eigenvalue weighted by atomic mass is 16.6. The number of nitrogens with two attached hydrogens (primary N) is 4. The maximum atomic E-state index is 13.4. The smallest absolute Gasteiger partial charge is 0.410 e. The third-order valence-corrected chi connectivity index (χ3v) is 12.0. The van der Waals surface area contributed by atoms with Crippen LogP contribution in [0.3, 0.4) is 0 Å². The van der Waals surface area contributed by atoms with Gasteiger partial charge in [-0.1, -0.05) is 13.8 Å². The average molecular weight is 1180 g/mol. The number of rotatable bonds is 42. The van der Waals surface area contributed by atoms with Crippen molar-refractivity contribution in [3.05, 3.63) is 23.7 Å². The van der Waals surface area contributed by atoms with Crippen LogP contribution >= 0.6 is 0 Å². The van der Waals surface area contributed by atoms with Crippen LogP contribution in [0.5, 0.6) is 0 Å². The molecule has 33 nitrogen and oxygen atoms in total. The van der Waals surface area contributed by atoms with Gasteiger partial charge in [0.05, 0.1) is 124 Å². The lowest BCUT2D eigenvalue weighted by Gasteiger charge is -2.40. The van der Waals surface area contributed by atoms with E-state index in [2.05, 4.69) is 15.3 Å². The van der Waals surface area contributed by atoms with Gasteiger partial charge in [-0.15, -0.1) is 0 Å². The molecule has 0 saturated heterocycles. The van der Waals surface area contributed by atoms with Crippen LogP contribution in [0.15, 0.2) is 33.7 Å². The summed E-state index contributed by atoms with van der Waals surface area (Å²) in [5.74, 6) is -6.71. The van der Waals surface area contributed by atoms with Crippen molar-refractivity contribution >= 4 is 47.9 Å². The lowest BCUT2D eigenvalue weighted by molar-refractivity contribution is -0.148. The Morgan fingerprint density at radius 2 is 0.976 bits per heavy atom. The highest BCUT2D eigenvalue weighted by Crippen LogP contribution is 2.31. The lowest BCUT2D eigenvalue weighted by Crippen LogP contribution is -2.61. The molecule has 2 heterocycles. The van der Waals surface area contributed by atoms with Crippen molar-refractivity contribution in [1.29, 1.82) is 0 Å². The first kappa shape index (κ1) is 71.7. The van der Waals surface area contributed by atoms with Gasteiger partial charge in [-0.05, 0) is 18.6 Å². The molecular weight excluding hydrogens is 1100 g/mol. The molecule has 82 heavy (non-hydrogen) atoms. The molecule has 0 aromatic rings. The van der Waals surface area contributed by atoms with Gasteiger partial charge in [0.2, 0.25) is 23.3 Å². The first-order chi connectivity index (χ1) is 39.1. The van der Waals surface area contributed by atoms with Crippen LogP contribution < -0.4 is 28.3 Å². The summed E-state index contributed by atoms with van der Waals surface area (Å²) >= 11 is 0. The number of carbonyl (C=O) groups is 6. The number of carboxylic acids is 2. The fourth-order valence-electron chi connectivity index (χ4n) is 7.70. The predicted molar refractivity (Wildman–Crippen MR) is 286 cm³/mol. The number of aliphatic hydroxyl groups excluding tert-OH is 4. The van der Waals surface area contributed by atoms with Crippen LogP contribution in [0, 0.1) is 5.92 Å². The molecule has 470 valence electrons. The van der Waals surface area contributed by atoms with Crippen molar-refractivity contribution in [2.75, 3.05) is 146 Å². The van der Waals surface area contributed by atoms with Crippen LogP contribution in [0.2, 0.25) is 0 Å². The first-order valence-electron chi connectivity index (χ1n) is 26.5. The fraction of sp³-hybridized carbons (Fsp3) is 0.755. The van der Waals surface area contributed by atoms with Crippen molar-refractivity contribution in [2.24, 2.45) is 38.8 Å². The second-order valence-corrected chi connectivity index (χ2v) is 18.5. The summed E-state index contributed by atoms with van der Waals surface area (Å²) in [6, 6.07) is -3.46. The van der Waals surface area contributed by atoms with E-state index in [0.29, 0.717) is 33.0 Å². The third-order valence-electron chi connectivity index (χ3n) is 12.0. The van der Waals surface area contributed by atoms with E-state index in [1.165, 1.54) is 25.1 Å². The van der Waals surface area contributed by atoms with E-state index in [-0.39, 0.29) is 104 Å². The molecule has 2 aliphatic heterocycles. The van der Waals surface area contributed by atoms with Gasteiger partial charge in [-0.3, -0.25) is 9.59 Å². The lowest BCUT2D eigenvalue weighted by atomic mass is 9.87. The molecule has 0 fully saturated rings. The summed E-state index contributed by atoms with van der Waals surface area (Å²) < 4.78 is 61.3. The van der Waals surface area contributed by atoms with Crippen LogP contribution in [-0.2, 0) is 71.3 Å². The number of hydrogen-bond donors (Lipinski definition) is 11. The summed E-state index contributed by atoms with van der Waals surface area (Å²) in [7, 11) is 2.72. The van der Waals surface area contributed by atoms with E-state index >= 15 is 0 Å². The molecule has 1 unspecified atom stereocenters. The number of carbonyl (C=O) groups excluding carboxylic acids is 4. The van der Waals surface area contributed by atoms with Gasteiger partial charge in [0.15, 0.2) is 30.2 Å². The Morgan fingerprint density at radius 1 is 0.598 bits per heavy atom. The summed E-state index contributed by atoms with van der Waals surface area (Å²) in [6.07, 6.45) is -8.61. The number of aliphatic carboxylic acids is 2. The molecule has 2 rings (SSSR count). The molecule has 0 aliphatic carbocycles. The Morgan fingerprint density at radius 3 is 1.40 bits per heavy atom. The molecule has 15 N–H and O–H groups in total. The Hall–Kier alpha value is -6.40. The number of hydrogen-bond acceptors (Lipinski definition) is 23. The topological polar surface area (TPSA) is 476 Å². The van der Waals surface area contributed by atoms with E-state index < -0.39 is 121 Å². The van der Waals surface area contributed by atoms with E-state index in [0.717, 1.165) is 29.2 Å². The van der Waals surface area contributed by atoms with Gasteiger partial charge >= 0.3 is 24.1 Å². The molecule has 0 aromatic carbocycles. The minimum atomic E-state index is -1.84. The van der Waals surface area contributed by atoms with Crippen molar-refractivity contribution < 1.29 is 112 Å². The van der Waals surface area contributed by atoms with Crippen LogP contribution in [0.4, 0.5) is 9.59 Å². The molecule has 2 aliphatic rings. The number of aliphatic imine (C=N–C) groups is 2. The number of aliphatic hydroxyl groups is 4. The number of nitrogens with zero attached hydrogens (tertiary/aromatic N) is 5. The van der Waals surface area contributed by atoms with Gasteiger partial charge in [0.25, 0.3) is 0 Å². The van der Waals surface area contributed by atoms with Gasteiger partial charge in [-0.2, -0.15) is 0 Å². The van der Waals surface area contributed by atoms with Gasteiger partial charge in [-0.25, -0.2) is 29.2 Å². The molecule has 0 saturated carbocycles. The molecular formula is C49H86N10O23. The predicted octanol–water partition coefficient (Wildman–Crippen LogP) is -4.53. The zero-order valence-electron chi connectivity index (χ0n) is 47.2. The number of guanidine groups is 2. The standard InChI is InChI=1S/C49H86N10O23/c1-6-12-72-18-22-77-24-25-78-23-19-73-13-7-38(65)59(10-16-74-14-8-57(4)49(71)82-42(35(64)29-61)43-39(54-31(3)62)33(56-47(52)53)27-37(80-43)45(68)69)11-17-76-21-20-75-15-9-58(5)48(70)81-41(34(63)28-60)40-30(2)32(55-46(50)51)26-36(79-40)44(66)67/h26-27,30,32-35,39-43,60-61,63-64H,6-25,28-29H2,1-5H3,(H,54,62)(H,66,67)(H,68,69)(H4,50,51,55)(H4,52,53,56)/t30-,32+,33+,34-,35-,39-,40-,41-,42?,43-/m1/s1. The van der Waals surface area contributed by atoms with Gasteiger partial charge in [0, 0.05) is 59.7 Å². The summed E-state index contributed by atoms with van der Waals surface area (Å²) in [4.78, 5) is 87.6. The minimum absolute atomic E-state index is 0.00283. The quantitative estimate of drug-likeness (QED) is 0.0156. The van der Waals surface area contributed by atoms with Gasteiger partial charge < -0.3 is 126 Å². The zero-order valence-corrected chi connectivity index (χ0v) is 47.2. The zero-order chi connectivity index (χ0) is 61.1. The monoisotopic (exact) mass is 1180 g/mol. The highest BCUT2D eigenvalue weighted by Gasteiger charge is 2.47. The number of amides is 4. The summed E-state index contributed by atoms with van der Waals surface area (Å²) in [5.41, 5.74) is 22.2. The molecule has 0 spiro atoms. The van der Waals surface area contributed by atoms with Crippen LogP contribution in [-0.4, -0.2) is 294 Å². The van der Waals surface area contributed by atoms with Crippen LogP contribution in [0.25, 0.3) is 0 Å². The van der Waals surface area contributed by atoms with E-state index in [9.17, 15) is 59.4 Å². The maximum absolute atomic E-state index is 13.4. The highest BCUT2D eigenvalue weighted by molar-refractivity contribution is 5.86. The molecule has 33 heteroatoms. The first-order valence-corrected chi connectivity index (χ1v) is 26.5. The van der Waals surface area contributed by atoms with E-state index in [4.69, 9.17) is 75.0 Å². The van der Waals surface area contributed by atoms with E-state index in [1.54, 1.807) is 6.92 Å². The number of ether oxygens (including phenoxy) is 11. The van der Waals surface area contributed by atoms with Gasteiger partial charge in [0.1, 0.15) is 18.3 Å². The minimum Gasteiger partial charge on any atom is -0.479 e. The third kappa shape index (κ3) is 27.1. The number of likely N-dealkylation sites (N-methyl/N-ethyl adjacent to an activating group) is 2. The van der Waals surface area contributed by atoms with Crippen molar-refractivity contribution in [1.82, 2.24) is 20.0 Å². The molecule has 0 bridgehead atoms. The molecule has 0 aromatic heterocycles. The SMILES string of the molecule is CCCOCCOCCOCCOCCC(=O)N(CCOCCOCCN(C)C(=O)O[C@@H]([C@@H]1OC(C(=O)O)=C[C@H](N=C(N)N)[C@H]1C)[C@H](O)CO)CCOCCN(C)C(=O)OC([C@H](O)CO)[C@@H]1OC(C(=O)O)=C[C@H](N=C(N)N)[C@H]1NC(C)=O. The Bertz CT molecular complexity index is 2070. The maximum Gasteiger partial charge on any atom is 0.410 e. The fourth-order valence-corrected chi connectivity index (χ4v) is 7.70. The molecule has 0 radical (unpaired) electrons. The van der Waals surface area contributed by atoms with Crippen molar-refractivity contribution in [2.45, 2.75) is 88.4 Å². The van der Waals surface area contributed by atoms with Crippen molar-refractivity contribution in [3.63, 3.8) is 0 Å². The number of nitrogens with one attached hydrogen (secondary N) is 1. The average Bonchev–Trinajstić information content (AvgIpc) is 3.62. The van der Waals surface area contributed by atoms with E-state index in [1.807, 2.05) is 6.92 Å². The Balaban J connectivity index is 1.97. The largest absolute Gasteiger partial charge is 0.479 e. The molecule has 10 atom stereocenters. The normalized spacial score (nSPS) is 20.0. The van der Waals surface area contributed by atoms with Crippen molar-refractivity contribution in [3.8, 4) is 0 Å². The Labute approximate surface area is 475 Å². The van der Waals surface area contributed by atoms with Crippen LogP contribution in [0.1, 0.15) is 33.6 Å². The summed E-state index contributed by atoms with van der Waals surface area (Å²) in [5, 5.41) is 62.9. The summed E-state index contributed by atoms with van der Waals surface area (Å²) in [6.45, 7) is 6.12. The number of carboxylic acid groups (broad SMARTS) is 2. The second-order valence-electron chi connectivity index (χ2n) is 18.5. The second kappa shape index (κ2) is 39.9. The molecule has 4 amide bonds. The Kier molecular flexibility index (Phi) is 34.9.